The van der Waals surface area contributed by atoms with Gasteiger partial charge in [0.2, 0.25) is 0 Å². The fourth-order valence-electron chi connectivity index (χ4n) is 3.85. The van der Waals surface area contributed by atoms with E-state index < -0.39 is 5.82 Å². The number of nitrogens with zero attached hydrogens (tertiary/aromatic N) is 3. The Balaban J connectivity index is 1.72. The Kier molecular flexibility index (Phi) is 7.22. The van der Waals surface area contributed by atoms with Crippen LogP contribution in [0.15, 0.2) is 36.5 Å². The van der Waals surface area contributed by atoms with Gasteiger partial charge < -0.3 is 15.3 Å². The molecule has 8 heteroatoms. The number of aliphatic hydroxyl groups excluding tert-OH is 1. The molecule has 31 heavy (non-hydrogen) atoms. The van der Waals surface area contributed by atoms with Crippen molar-refractivity contribution < 1.29 is 19.1 Å². The van der Waals surface area contributed by atoms with Gasteiger partial charge in [-0.2, -0.15) is 0 Å². The summed E-state index contributed by atoms with van der Waals surface area (Å²) in [6.07, 6.45) is 4.03. The number of nitrogens with one attached hydrogen (secondary N) is 1. The van der Waals surface area contributed by atoms with Crippen molar-refractivity contribution in [2.45, 2.75) is 44.8 Å². The van der Waals surface area contributed by atoms with E-state index in [-0.39, 0.29) is 29.8 Å². The second kappa shape index (κ2) is 9.87. The smallest absolute Gasteiger partial charge is 0.324 e. The van der Waals surface area contributed by atoms with Crippen molar-refractivity contribution in [2.24, 2.45) is 0 Å². The molecular formula is C23H29FN4O3. The van der Waals surface area contributed by atoms with E-state index in [4.69, 9.17) is 0 Å². The molecule has 1 saturated carbocycles. The summed E-state index contributed by atoms with van der Waals surface area (Å²) < 4.78 is 14.9. The summed E-state index contributed by atoms with van der Waals surface area (Å²) >= 11 is 0. The summed E-state index contributed by atoms with van der Waals surface area (Å²) in [4.78, 5) is 31.8. The van der Waals surface area contributed by atoms with Crippen LogP contribution in [0, 0.1) is 5.82 Å². The summed E-state index contributed by atoms with van der Waals surface area (Å²) in [5, 5.41) is 12.3. The van der Waals surface area contributed by atoms with Crippen LogP contribution in [0.2, 0.25) is 0 Å². The van der Waals surface area contributed by atoms with Crippen LogP contribution >= 0.6 is 0 Å². The standard InChI is InChI=1S/C23H29FN4O3/c1-4-25-22(30)20-11-5-16(14-26-20)15-6-12-21(19(24)13-15)28(3)23(31)27(2)17-7-9-18(29)10-8-17/h5-6,11-14,17-18,29H,4,7-10H2,1-3H3,(H,25,30). The first-order chi connectivity index (χ1) is 14.8. The molecule has 2 aromatic rings. The van der Waals surface area contributed by atoms with Gasteiger partial charge in [0.05, 0.1) is 11.8 Å². The van der Waals surface area contributed by atoms with Crippen molar-refractivity contribution in [3.05, 3.63) is 48.0 Å². The van der Waals surface area contributed by atoms with Gasteiger partial charge in [0.25, 0.3) is 5.91 Å². The minimum Gasteiger partial charge on any atom is -0.393 e. The number of anilines is 1. The maximum absolute atomic E-state index is 14.9. The Morgan fingerprint density at radius 2 is 1.81 bits per heavy atom. The van der Waals surface area contributed by atoms with Crippen LogP contribution in [0.1, 0.15) is 43.1 Å². The molecule has 1 heterocycles. The third kappa shape index (κ3) is 5.19. The molecule has 0 spiro atoms. The highest BCUT2D eigenvalue weighted by Crippen LogP contribution is 2.28. The largest absolute Gasteiger partial charge is 0.393 e. The van der Waals surface area contributed by atoms with Crippen molar-refractivity contribution in [3.8, 4) is 11.1 Å². The van der Waals surface area contributed by atoms with Gasteiger partial charge in [-0.1, -0.05) is 12.1 Å². The zero-order valence-electron chi connectivity index (χ0n) is 18.1. The fraction of sp³-hybridized carbons (Fsp3) is 0.435. The minimum absolute atomic E-state index is 0.0372. The third-order valence-electron chi connectivity index (χ3n) is 5.78. The molecule has 0 unspecified atom stereocenters. The number of carbonyl (C=O) groups excluding carboxylic acids is 2. The van der Waals surface area contributed by atoms with Crippen LogP contribution in [0.5, 0.6) is 0 Å². The Bertz CT molecular complexity index is 927. The first kappa shape index (κ1) is 22.7. The molecular weight excluding hydrogens is 399 g/mol. The van der Waals surface area contributed by atoms with Crippen molar-refractivity contribution >= 4 is 17.6 Å². The molecule has 0 atom stereocenters. The number of pyridine rings is 1. The van der Waals surface area contributed by atoms with Crippen LogP contribution in [0.4, 0.5) is 14.9 Å². The van der Waals surface area contributed by atoms with Gasteiger partial charge >= 0.3 is 6.03 Å². The second-order valence-electron chi connectivity index (χ2n) is 7.87. The summed E-state index contributed by atoms with van der Waals surface area (Å²) in [6, 6.07) is 7.71. The number of rotatable bonds is 5. The zero-order valence-corrected chi connectivity index (χ0v) is 18.1. The summed E-state index contributed by atoms with van der Waals surface area (Å²) in [7, 11) is 3.27. The van der Waals surface area contributed by atoms with Gasteiger partial charge in [0.15, 0.2) is 0 Å². The third-order valence-corrected chi connectivity index (χ3v) is 5.78. The zero-order chi connectivity index (χ0) is 22.5. The minimum atomic E-state index is -0.520. The van der Waals surface area contributed by atoms with Gasteiger partial charge in [0, 0.05) is 38.4 Å². The molecule has 1 aromatic carbocycles. The Labute approximate surface area is 181 Å². The molecule has 3 amide bonds. The molecule has 0 radical (unpaired) electrons. The number of amides is 3. The molecule has 0 saturated heterocycles. The highest BCUT2D eigenvalue weighted by Gasteiger charge is 2.28. The lowest BCUT2D eigenvalue weighted by molar-refractivity contribution is 0.0932. The lowest BCUT2D eigenvalue weighted by Crippen LogP contribution is -2.46. The van der Waals surface area contributed by atoms with E-state index in [0.29, 0.717) is 36.2 Å². The predicted octanol–water partition coefficient (Wildman–Crippen LogP) is 3.43. The van der Waals surface area contributed by atoms with Crippen LogP contribution in [-0.2, 0) is 0 Å². The van der Waals surface area contributed by atoms with Gasteiger partial charge in [-0.25, -0.2) is 9.18 Å². The topological polar surface area (TPSA) is 85.8 Å². The van der Waals surface area contributed by atoms with Crippen LogP contribution in [-0.4, -0.2) is 59.7 Å². The van der Waals surface area contributed by atoms with Gasteiger partial charge in [-0.15, -0.1) is 0 Å². The number of hydrogen-bond donors (Lipinski definition) is 2. The summed E-state index contributed by atoms with van der Waals surface area (Å²) in [5.74, 6) is -0.777. The highest BCUT2D eigenvalue weighted by molar-refractivity contribution is 5.93. The molecule has 1 fully saturated rings. The van der Waals surface area contributed by atoms with E-state index in [9.17, 15) is 19.1 Å². The van der Waals surface area contributed by atoms with Gasteiger partial charge in [-0.05, 0) is 56.4 Å². The predicted molar refractivity (Wildman–Crippen MR) is 117 cm³/mol. The van der Waals surface area contributed by atoms with E-state index in [1.807, 2.05) is 6.92 Å². The SMILES string of the molecule is CCNC(=O)c1ccc(-c2ccc(N(C)C(=O)N(C)C3CCC(O)CC3)c(F)c2)cn1. The van der Waals surface area contributed by atoms with E-state index in [0.717, 1.165) is 12.8 Å². The second-order valence-corrected chi connectivity index (χ2v) is 7.87. The average Bonchev–Trinajstić information content (AvgIpc) is 2.78. The van der Waals surface area contributed by atoms with Crippen LogP contribution < -0.4 is 10.2 Å². The lowest BCUT2D eigenvalue weighted by Gasteiger charge is -2.35. The quantitative estimate of drug-likeness (QED) is 0.764. The van der Waals surface area contributed by atoms with Gasteiger partial charge in [-0.3, -0.25) is 14.7 Å². The molecule has 0 bridgehead atoms. The van der Waals surface area contributed by atoms with Gasteiger partial charge in [0.1, 0.15) is 11.5 Å². The number of hydrogen-bond acceptors (Lipinski definition) is 4. The number of benzene rings is 1. The van der Waals surface area contributed by atoms with E-state index >= 15 is 0 Å². The molecule has 3 rings (SSSR count). The Morgan fingerprint density at radius 1 is 1.13 bits per heavy atom. The van der Waals surface area contributed by atoms with Crippen molar-refractivity contribution in [1.29, 1.82) is 0 Å². The van der Waals surface area contributed by atoms with Crippen molar-refractivity contribution in [2.75, 3.05) is 25.5 Å². The van der Waals surface area contributed by atoms with E-state index in [2.05, 4.69) is 10.3 Å². The number of aromatic nitrogens is 1. The van der Waals surface area contributed by atoms with E-state index in [1.54, 1.807) is 43.3 Å². The lowest BCUT2D eigenvalue weighted by atomic mass is 9.92. The number of aliphatic hydroxyl groups is 1. The van der Waals surface area contributed by atoms with Crippen LogP contribution in [0.25, 0.3) is 11.1 Å². The Hall–Kier alpha value is -3.00. The number of halogens is 1. The van der Waals surface area contributed by atoms with Crippen LogP contribution in [0.3, 0.4) is 0 Å². The maximum atomic E-state index is 14.9. The van der Waals surface area contributed by atoms with E-state index in [1.165, 1.54) is 17.2 Å². The molecule has 2 N–H and O–H groups in total. The molecule has 1 aliphatic carbocycles. The normalized spacial score (nSPS) is 18.4. The highest BCUT2D eigenvalue weighted by atomic mass is 19.1. The number of urea groups is 1. The fourth-order valence-corrected chi connectivity index (χ4v) is 3.85. The molecule has 166 valence electrons. The Morgan fingerprint density at radius 3 is 2.39 bits per heavy atom. The summed E-state index contributed by atoms with van der Waals surface area (Å²) in [6.45, 7) is 2.34. The van der Waals surface area contributed by atoms with Crippen molar-refractivity contribution in [3.63, 3.8) is 0 Å². The average molecular weight is 429 g/mol. The monoisotopic (exact) mass is 428 g/mol. The first-order valence-corrected chi connectivity index (χ1v) is 10.5. The first-order valence-electron chi connectivity index (χ1n) is 10.5. The molecule has 0 aliphatic heterocycles. The maximum Gasteiger partial charge on any atom is 0.324 e. The molecule has 7 nitrogen and oxygen atoms in total. The molecule has 1 aliphatic rings. The number of carbonyl (C=O) groups is 2. The molecule has 1 aromatic heterocycles. The van der Waals surface area contributed by atoms with Crippen molar-refractivity contribution in [1.82, 2.24) is 15.2 Å². The summed E-state index contributed by atoms with van der Waals surface area (Å²) in [5.41, 5.74) is 1.76.